The Hall–Kier alpha value is -2.93. The van der Waals surface area contributed by atoms with Crippen molar-refractivity contribution in [3.8, 4) is 0 Å². The Morgan fingerprint density at radius 2 is 1.90 bits per heavy atom. The maximum absolute atomic E-state index is 13.1. The van der Waals surface area contributed by atoms with Crippen LogP contribution in [-0.4, -0.2) is 51.9 Å². The van der Waals surface area contributed by atoms with Gasteiger partial charge >= 0.3 is 0 Å². The zero-order valence-corrected chi connectivity index (χ0v) is 18.3. The molecule has 0 aliphatic carbocycles. The summed E-state index contributed by atoms with van der Waals surface area (Å²) < 4.78 is 0. The predicted molar refractivity (Wildman–Crippen MR) is 123 cm³/mol. The molecule has 4 heterocycles. The number of benzene rings is 1. The highest BCUT2D eigenvalue weighted by molar-refractivity contribution is 7.21. The van der Waals surface area contributed by atoms with E-state index in [2.05, 4.69) is 53.8 Å². The molecule has 7 heteroatoms. The van der Waals surface area contributed by atoms with Crippen molar-refractivity contribution in [2.45, 2.75) is 26.2 Å². The van der Waals surface area contributed by atoms with E-state index in [0.717, 1.165) is 39.5 Å². The zero-order valence-electron chi connectivity index (χ0n) is 17.5. The van der Waals surface area contributed by atoms with E-state index >= 15 is 0 Å². The minimum atomic E-state index is 0.0640. The summed E-state index contributed by atoms with van der Waals surface area (Å²) in [5.74, 6) is 0.0640. The molecule has 1 saturated heterocycles. The molecule has 1 aliphatic rings. The van der Waals surface area contributed by atoms with E-state index in [9.17, 15) is 4.79 Å². The van der Waals surface area contributed by atoms with Crippen molar-refractivity contribution >= 4 is 43.6 Å². The maximum atomic E-state index is 13.1. The number of carbonyl (C=O) groups excluding carboxylic acids is 1. The second-order valence-electron chi connectivity index (χ2n) is 8.84. The summed E-state index contributed by atoms with van der Waals surface area (Å²) in [4.78, 5) is 30.6. The summed E-state index contributed by atoms with van der Waals surface area (Å²) in [5.41, 5.74) is 3.95. The molecule has 0 spiro atoms. The van der Waals surface area contributed by atoms with Gasteiger partial charge < -0.3 is 14.8 Å². The summed E-state index contributed by atoms with van der Waals surface area (Å²) >= 11 is 1.61. The summed E-state index contributed by atoms with van der Waals surface area (Å²) in [6.45, 7) is 9.52. The molecule has 0 atom stereocenters. The van der Waals surface area contributed by atoms with Crippen LogP contribution in [0.1, 0.15) is 36.8 Å². The number of hydrogen-bond acceptors (Lipinski definition) is 5. The van der Waals surface area contributed by atoms with Gasteiger partial charge in [-0.05, 0) is 35.2 Å². The lowest BCUT2D eigenvalue weighted by molar-refractivity contribution is 0.0742. The van der Waals surface area contributed by atoms with Crippen molar-refractivity contribution in [1.29, 1.82) is 0 Å². The van der Waals surface area contributed by atoms with Gasteiger partial charge in [0.1, 0.15) is 16.0 Å². The van der Waals surface area contributed by atoms with Crippen LogP contribution in [0.4, 0.5) is 5.13 Å². The molecule has 0 unspecified atom stereocenters. The molecule has 0 saturated carbocycles. The van der Waals surface area contributed by atoms with E-state index in [1.807, 2.05) is 23.1 Å². The van der Waals surface area contributed by atoms with Crippen molar-refractivity contribution < 1.29 is 4.79 Å². The van der Waals surface area contributed by atoms with Gasteiger partial charge in [0.25, 0.3) is 5.91 Å². The van der Waals surface area contributed by atoms with Crippen LogP contribution in [0, 0.1) is 0 Å². The largest absolute Gasteiger partial charge is 0.351 e. The number of nitrogens with one attached hydrogen (secondary N) is 1. The van der Waals surface area contributed by atoms with E-state index in [-0.39, 0.29) is 11.3 Å². The molecular weight excluding hydrogens is 394 g/mol. The number of hydrogen-bond donors (Lipinski definition) is 1. The molecule has 1 N–H and O–H groups in total. The Balaban J connectivity index is 1.30. The van der Waals surface area contributed by atoms with Crippen molar-refractivity contribution in [3.63, 3.8) is 0 Å². The molecule has 1 aromatic carbocycles. The summed E-state index contributed by atoms with van der Waals surface area (Å²) in [5, 5.41) is 2.06. The van der Waals surface area contributed by atoms with E-state index in [1.165, 1.54) is 5.56 Å². The first-order valence-electron chi connectivity index (χ1n) is 10.3. The molecule has 3 aromatic heterocycles. The summed E-state index contributed by atoms with van der Waals surface area (Å²) in [7, 11) is 0. The smallest absolute Gasteiger partial charge is 0.270 e. The van der Waals surface area contributed by atoms with Gasteiger partial charge in [-0.2, -0.15) is 0 Å². The number of pyridine rings is 1. The Morgan fingerprint density at radius 1 is 1.10 bits per heavy atom. The molecule has 0 radical (unpaired) electrons. The van der Waals surface area contributed by atoms with Gasteiger partial charge in [0, 0.05) is 43.3 Å². The number of anilines is 1. The predicted octanol–water partition coefficient (Wildman–Crippen LogP) is 4.43. The monoisotopic (exact) mass is 419 g/mol. The number of thiazole rings is 1. The quantitative estimate of drug-likeness (QED) is 0.522. The van der Waals surface area contributed by atoms with Gasteiger partial charge in [0.05, 0.1) is 0 Å². The van der Waals surface area contributed by atoms with E-state index in [0.29, 0.717) is 18.8 Å². The summed E-state index contributed by atoms with van der Waals surface area (Å²) in [6, 6.07) is 12.3. The van der Waals surface area contributed by atoms with Gasteiger partial charge in [-0.15, -0.1) is 0 Å². The molecule has 1 fully saturated rings. The highest BCUT2D eigenvalue weighted by Crippen LogP contribution is 2.29. The van der Waals surface area contributed by atoms with Crippen LogP contribution in [-0.2, 0) is 5.41 Å². The fraction of sp³-hybridized carbons (Fsp3) is 0.348. The Kier molecular flexibility index (Phi) is 4.50. The second kappa shape index (κ2) is 7.09. The van der Waals surface area contributed by atoms with Crippen molar-refractivity contribution in [2.75, 3.05) is 31.1 Å². The van der Waals surface area contributed by atoms with Crippen molar-refractivity contribution in [3.05, 3.63) is 53.9 Å². The third kappa shape index (κ3) is 3.43. The number of amides is 1. The number of piperazine rings is 1. The number of fused-ring (bicyclic) bond motifs is 2. The minimum Gasteiger partial charge on any atom is -0.351 e. The molecule has 0 bridgehead atoms. The number of aromatic nitrogens is 3. The SMILES string of the molecule is CC(C)(C)c1ccc2cc(C(=O)N3CCN(c4nc5cccnc5s4)CC3)[nH]c2c1. The van der Waals surface area contributed by atoms with Crippen LogP contribution in [0.3, 0.4) is 0 Å². The van der Waals surface area contributed by atoms with Crippen LogP contribution in [0.15, 0.2) is 42.6 Å². The molecule has 4 aromatic rings. The molecular formula is C23H25N5OS. The molecule has 1 aliphatic heterocycles. The first-order valence-corrected chi connectivity index (χ1v) is 11.1. The fourth-order valence-corrected chi connectivity index (χ4v) is 4.83. The van der Waals surface area contributed by atoms with Gasteiger partial charge in [0.15, 0.2) is 5.13 Å². The van der Waals surface area contributed by atoms with Crippen LogP contribution >= 0.6 is 11.3 Å². The average molecular weight is 420 g/mol. The lowest BCUT2D eigenvalue weighted by atomic mass is 9.87. The average Bonchev–Trinajstić information content (AvgIpc) is 3.36. The van der Waals surface area contributed by atoms with Gasteiger partial charge in [-0.3, -0.25) is 4.79 Å². The number of H-pyrrole nitrogens is 1. The van der Waals surface area contributed by atoms with E-state index in [4.69, 9.17) is 4.98 Å². The number of carbonyl (C=O) groups is 1. The summed E-state index contributed by atoms with van der Waals surface area (Å²) in [6.07, 6.45) is 1.80. The highest BCUT2D eigenvalue weighted by atomic mass is 32.1. The highest BCUT2D eigenvalue weighted by Gasteiger charge is 2.25. The standard InChI is InChI=1S/C23H25N5OS/c1-23(2,3)16-7-6-15-13-19(25-18(15)14-16)21(29)27-9-11-28(12-10-27)22-26-17-5-4-8-24-20(17)30-22/h4-8,13-14,25H,9-12H2,1-3H3. The van der Waals surface area contributed by atoms with Crippen LogP contribution < -0.4 is 4.90 Å². The van der Waals surface area contributed by atoms with Gasteiger partial charge in [-0.25, -0.2) is 9.97 Å². The van der Waals surface area contributed by atoms with Crippen LogP contribution in [0.25, 0.3) is 21.3 Å². The van der Waals surface area contributed by atoms with Gasteiger partial charge in [-0.1, -0.05) is 44.2 Å². The lowest BCUT2D eigenvalue weighted by Gasteiger charge is -2.34. The van der Waals surface area contributed by atoms with Crippen molar-refractivity contribution in [2.24, 2.45) is 0 Å². The molecule has 30 heavy (non-hydrogen) atoms. The lowest BCUT2D eigenvalue weighted by Crippen LogP contribution is -2.48. The zero-order chi connectivity index (χ0) is 20.9. The third-order valence-electron chi connectivity index (χ3n) is 5.71. The third-order valence-corrected chi connectivity index (χ3v) is 6.75. The molecule has 154 valence electrons. The van der Waals surface area contributed by atoms with Crippen molar-refractivity contribution in [1.82, 2.24) is 19.9 Å². The number of rotatable bonds is 2. The van der Waals surface area contributed by atoms with Gasteiger partial charge in [0.2, 0.25) is 0 Å². The van der Waals surface area contributed by atoms with E-state index < -0.39 is 0 Å². The number of aromatic amines is 1. The van der Waals surface area contributed by atoms with E-state index in [1.54, 1.807) is 17.5 Å². The Labute approximate surface area is 179 Å². The Bertz CT molecular complexity index is 1190. The van der Waals surface area contributed by atoms with Crippen LogP contribution in [0.2, 0.25) is 0 Å². The normalized spacial score (nSPS) is 15.3. The topological polar surface area (TPSA) is 65.1 Å². The fourth-order valence-electron chi connectivity index (χ4n) is 3.87. The minimum absolute atomic E-state index is 0.0640. The maximum Gasteiger partial charge on any atom is 0.270 e. The van der Waals surface area contributed by atoms with Crippen LogP contribution in [0.5, 0.6) is 0 Å². The molecule has 5 rings (SSSR count). The molecule has 1 amide bonds. The first kappa shape index (κ1) is 19.1. The molecule has 6 nitrogen and oxygen atoms in total. The first-order chi connectivity index (χ1) is 14.4. The Morgan fingerprint density at radius 3 is 2.63 bits per heavy atom. The number of nitrogens with zero attached hydrogens (tertiary/aromatic N) is 4. The second-order valence-corrected chi connectivity index (χ2v) is 9.79.